The molecule has 2 aliphatic heterocycles. The molecule has 1 atom stereocenters. The maximum absolute atomic E-state index is 12.9. The van der Waals surface area contributed by atoms with Gasteiger partial charge in [-0.15, -0.1) is 0 Å². The highest BCUT2D eigenvalue weighted by molar-refractivity contribution is 5.76. The Kier molecular flexibility index (Phi) is 6.64. The third-order valence-corrected chi connectivity index (χ3v) is 7.59. The number of piperidine rings is 1. The number of carbonyl (C=O) groups is 1. The Hall–Kier alpha value is -3.14. The first-order valence-electron chi connectivity index (χ1n) is 12.4. The molecule has 10 heteroatoms. The van der Waals surface area contributed by atoms with Crippen LogP contribution in [0, 0.1) is 19.8 Å². The van der Waals surface area contributed by atoms with E-state index in [1.807, 2.05) is 23.6 Å². The Morgan fingerprint density at radius 1 is 1.23 bits per heavy atom. The van der Waals surface area contributed by atoms with Crippen molar-refractivity contribution in [3.05, 3.63) is 41.4 Å². The highest BCUT2D eigenvalue weighted by Gasteiger charge is 2.41. The van der Waals surface area contributed by atoms with Crippen LogP contribution in [0.1, 0.15) is 54.9 Å². The largest absolute Gasteiger partial charge is 0.375 e. The zero-order chi connectivity index (χ0) is 24.4. The van der Waals surface area contributed by atoms with Crippen molar-refractivity contribution in [1.82, 2.24) is 34.8 Å². The van der Waals surface area contributed by atoms with Crippen molar-refractivity contribution in [2.45, 2.75) is 64.4 Å². The van der Waals surface area contributed by atoms with Gasteiger partial charge in [-0.3, -0.25) is 14.5 Å². The summed E-state index contributed by atoms with van der Waals surface area (Å²) in [4.78, 5) is 27.7. The maximum atomic E-state index is 12.9. The number of aromatic nitrogens is 6. The predicted octanol–water partition coefficient (Wildman–Crippen LogP) is 2.84. The lowest BCUT2D eigenvalue weighted by Gasteiger charge is -2.46. The number of rotatable bonds is 6. The smallest absolute Gasteiger partial charge is 0.227 e. The van der Waals surface area contributed by atoms with Crippen LogP contribution in [-0.2, 0) is 29.4 Å². The monoisotopic (exact) mass is 479 g/mol. The first-order chi connectivity index (χ1) is 16.9. The summed E-state index contributed by atoms with van der Waals surface area (Å²) in [6.45, 7) is 6.29. The summed E-state index contributed by atoms with van der Waals surface area (Å²) in [6.07, 6.45) is 10.5. The van der Waals surface area contributed by atoms with Crippen LogP contribution in [0.2, 0.25) is 0 Å². The molecule has 0 bridgehead atoms. The normalized spacial score (nSPS) is 19.9. The average Bonchev–Trinajstić information content (AvgIpc) is 3.42. The minimum atomic E-state index is -0.163. The van der Waals surface area contributed by atoms with Gasteiger partial charge >= 0.3 is 0 Å². The fraction of sp³-hybridized carbons (Fsp3) is 0.600. The molecule has 0 aliphatic carbocycles. The molecule has 0 N–H and O–H groups in total. The molecule has 5 heterocycles. The van der Waals surface area contributed by atoms with Gasteiger partial charge in [0.1, 0.15) is 5.69 Å². The molecule has 1 spiro atoms. The number of aryl methyl sites for hydroxylation is 2. The summed E-state index contributed by atoms with van der Waals surface area (Å²) in [5.41, 5.74) is 3.79. The zero-order valence-electron chi connectivity index (χ0n) is 20.7. The second-order valence-electron chi connectivity index (χ2n) is 9.85. The Bertz CT molecular complexity index is 1170. The molecule has 3 aromatic heterocycles. The highest BCUT2D eigenvalue weighted by atomic mass is 16.5. The van der Waals surface area contributed by atoms with Gasteiger partial charge in [0.25, 0.3) is 0 Å². The first-order valence-corrected chi connectivity index (χ1v) is 12.4. The third-order valence-electron chi connectivity index (χ3n) is 7.59. The number of nitrogens with zero attached hydrogens (tertiary/aromatic N) is 7. The number of ether oxygens (including phenoxy) is 1. The van der Waals surface area contributed by atoms with Gasteiger partial charge in [-0.1, -0.05) is 5.16 Å². The molecule has 3 aromatic rings. The van der Waals surface area contributed by atoms with Crippen LogP contribution < -0.4 is 0 Å². The quantitative estimate of drug-likeness (QED) is 0.531. The molecular weight excluding hydrogens is 446 g/mol. The topological polar surface area (TPSA) is 112 Å². The molecule has 186 valence electrons. The number of hydrogen-bond donors (Lipinski definition) is 0. The third kappa shape index (κ3) is 5.12. The van der Waals surface area contributed by atoms with E-state index >= 15 is 0 Å². The molecule has 1 amide bonds. The van der Waals surface area contributed by atoms with E-state index in [4.69, 9.17) is 9.26 Å². The SMILES string of the molecule is Cc1nn(C)c(C)c1CCC(=O)N1CCC2(CC1)CC(Cc1nc(-c3cnccn3)no1)CCO2. The summed E-state index contributed by atoms with van der Waals surface area (Å²) >= 11 is 0. The van der Waals surface area contributed by atoms with Crippen LogP contribution >= 0.6 is 0 Å². The number of carbonyl (C=O) groups excluding carboxylic acids is 1. The molecule has 5 rings (SSSR count). The molecule has 2 fully saturated rings. The van der Waals surface area contributed by atoms with Crippen molar-refractivity contribution in [3.8, 4) is 11.5 Å². The standard InChI is InChI=1S/C25H33N7O3/c1-17-20(18(2)31(3)29-17)4-5-23(33)32-11-7-25(8-12-32)15-19(6-13-34-25)14-22-28-24(30-35-22)21-16-26-9-10-27-21/h9-10,16,19H,4-8,11-15H2,1-3H3. The lowest BCUT2D eigenvalue weighted by atomic mass is 9.78. The van der Waals surface area contributed by atoms with E-state index < -0.39 is 0 Å². The van der Waals surface area contributed by atoms with Crippen LogP contribution in [0.25, 0.3) is 11.5 Å². The minimum Gasteiger partial charge on any atom is -0.375 e. The van der Waals surface area contributed by atoms with Crippen LogP contribution in [0.4, 0.5) is 0 Å². The highest BCUT2D eigenvalue weighted by Crippen LogP contribution is 2.39. The predicted molar refractivity (Wildman–Crippen MR) is 127 cm³/mol. The van der Waals surface area contributed by atoms with Crippen molar-refractivity contribution in [1.29, 1.82) is 0 Å². The molecule has 1 unspecified atom stereocenters. The Morgan fingerprint density at radius 2 is 2.06 bits per heavy atom. The molecule has 0 radical (unpaired) electrons. The van der Waals surface area contributed by atoms with Gasteiger partial charge in [0.15, 0.2) is 0 Å². The Balaban J connectivity index is 1.13. The molecule has 2 aliphatic rings. The van der Waals surface area contributed by atoms with E-state index in [0.29, 0.717) is 29.7 Å². The summed E-state index contributed by atoms with van der Waals surface area (Å²) in [5.74, 6) is 1.73. The van der Waals surface area contributed by atoms with Gasteiger partial charge in [0.05, 0.1) is 17.5 Å². The molecule has 35 heavy (non-hydrogen) atoms. The van der Waals surface area contributed by atoms with Gasteiger partial charge < -0.3 is 14.2 Å². The van der Waals surface area contributed by atoms with E-state index in [0.717, 1.165) is 69.6 Å². The van der Waals surface area contributed by atoms with Gasteiger partial charge in [-0.2, -0.15) is 10.1 Å². The van der Waals surface area contributed by atoms with Crippen LogP contribution in [-0.4, -0.2) is 66.0 Å². The number of hydrogen-bond acceptors (Lipinski definition) is 8. The van der Waals surface area contributed by atoms with Crippen molar-refractivity contribution in [2.24, 2.45) is 13.0 Å². The average molecular weight is 480 g/mol. The molecule has 10 nitrogen and oxygen atoms in total. The Morgan fingerprint density at radius 3 is 2.77 bits per heavy atom. The van der Waals surface area contributed by atoms with Crippen molar-refractivity contribution in [2.75, 3.05) is 19.7 Å². The van der Waals surface area contributed by atoms with Gasteiger partial charge in [0, 0.05) is 57.7 Å². The van der Waals surface area contributed by atoms with E-state index in [1.165, 1.54) is 5.56 Å². The van der Waals surface area contributed by atoms with Crippen LogP contribution in [0.15, 0.2) is 23.1 Å². The van der Waals surface area contributed by atoms with Crippen molar-refractivity contribution >= 4 is 5.91 Å². The molecule has 0 saturated carbocycles. The fourth-order valence-corrected chi connectivity index (χ4v) is 5.49. The minimum absolute atomic E-state index is 0.163. The van der Waals surface area contributed by atoms with E-state index in [9.17, 15) is 4.79 Å². The second kappa shape index (κ2) is 9.85. The summed E-state index contributed by atoms with van der Waals surface area (Å²) in [6, 6.07) is 0. The van der Waals surface area contributed by atoms with Crippen molar-refractivity contribution < 1.29 is 14.1 Å². The maximum Gasteiger partial charge on any atom is 0.227 e. The molecular formula is C25H33N7O3. The summed E-state index contributed by atoms with van der Waals surface area (Å²) in [7, 11) is 1.95. The number of amides is 1. The Labute approximate surface area is 205 Å². The van der Waals surface area contributed by atoms with Crippen molar-refractivity contribution in [3.63, 3.8) is 0 Å². The number of likely N-dealkylation sites (tertiary alicyclic amines) is 1. The van der Waals surface area contributed by atoms with Crippen LogP contribution in [0.5, 0.6) is 0 Å². The molecule has 0 aromatic carbocycles. The zero-order valence-corrected chi connectivity index (χ0v) is 20.7. The van der Waals surface area contributed by atoms with Gasteiger partial charge in [0.2, 0.25) is 17.6 Å². The van der Waals surface area contributed by atoms with Gasteiger partial charge in [-0.25, -0.2) is 4.98 Å². The second-order valence-corrected chi connectivity index (χ2v) is 9.85. The lowest BCUT2D eigenvalue weighted by Crippen LogP contribution is -2.51. The van der Waals surface area contributed by atoms with E-state index in [1.54, 1.807) is 18.6 Å². The lowest BCUT2D eigenvalue weighted by molar-refractivity contribution is -0.147. The first kappa shape index (κ1) is 23.6. The van der Waals surface area contributed by atoms with E-state index in [2.05, 4.69) is 32.1 Å². The molecule has 2 saturated heterocycles. The van der Waals surface area contributed by atoms with Crippen LogP contribution in [0.3, 0.4) is 0 Å². The summed E-state index contributed by atoms with van der Waals surface area (Å²) in [5, 5.41) is 8.53. The fourth-order valence-electron chi connectivity index (χ4n) is 5.49. The summed E-state index contributed by atoms with van der Waals surface area (Å²) < 4.78 is 13.7. The van der Waals surface area contributed by atoms with E-state index in [-0.39, 0.29) is 11.5 Å². The van der Waals surface area contributed by atoms with Gasteiger partial charge in [-0.05, 0) is 57.4 Å².